The summed E-state index contributed by atoms with van der Waals surface area (Å²) in [4.78, 5) is 0. The van der Waals surface area contributed by atoms with Crippen molar-refractivity contribution in [2.75, 3.05) is 0 Å². The highest BCUT2D eigenvalue weighted by Gasteiger charge is 2.24. The molecule has 0 radical (unpaired) electrons. The topological polar surface area (TPSA) is 40.5 Å². The van der Waals surface area contributed by atoms with Gasteiger partial charge < -0.3 is 10.2 Å². The highest BCUT2D eigenvalue weighted by atomic mass is 16.3. The van der Waals surface area contributed by atoms with E-state index < -0.39 is 6.10 Å². The first-order valence-corrected chi connectivity index (χ1v) is 10.7. The Balaban J connectivity index is 1.87. The van der Waals surface area contributed by atoms with Crippen LogP contribution in [0.1, 0.15) is 57.3 Å². The Labute approximate surface area is 179 Å². The minimum absolute atomic E-state index is 0.103. The molecular formula is C28H30O2. The van der Waals surface area contributed by atoms with Crippen LogP contribution in [0, 0.1) is 0 Å². The van der Waals surface area contributed by atoms with Gasteiger partial charge in [0.1, 0.15) is 5.75 Å². The molecule has 0 bridgehead atoms. The van der Waals surface area contributed by atoms with E-state index in [-0.39, 0.29) is 11.2 Å². The lowest BCUT2D eigenvalue weighted by Gasteiger charge is -2.25. The van der Waals surface area contributed by atoms with Crippen molar-refractivity contribution in [1.29, 1.82) is 0 Å². The van der Waals surface area contributed by atoms with Crippen LogP contribution in [0.4, 0.5) is 0 Å². The van der Waals surface area contributed by atoms with E-state index >= 15 is 0 Å². The third-order valence-electron chi connectivity index (χ3n) is 6.00. The van der Waals surface area contributed by atoms with Gasteiger partial charge in [-0.3, -0.25) is 0 Å². The average Bonchev–Trinajstić information content (AvgIpc) is 2.73. The molecule has 0 aromatic heterocycles. The summed E-state index contributed by atoms with van der Waals surface area (Å²) in [6, 6.07) is 18.4. The standard InChI is InChI=1S/C28H30O2/c1-28(2,3)21-17-24(23-15-9-13-20-12-7-8-14-22(20)23)27(30)25(18-21)26(29)16-19-10-5-4-6-11-19/h4-5,7-10,12-15,17-18,26,29-30H,6,11,16H2,1-3H3. The molecule has 0 aliphatic heterocycles. The first-order chi connectivity index (χ1) is 14.3. The summed E-state index contributed by atoms with van der Waals surface area (Å²) in [7, 11) is 0. The van der Waals surface area contributed by atoms with Gasteiger partial charge in [0.15, 0.2) is 0 Å². The van der Waals surface area contributed by atoms with Gasteiger partial charge in [-0.25, -0.2) is 0 Å². The molecule has 2 nitrogen and oxygen atoms in total. The Morgan fingerprint density at radius 3 is 2.47 bits per heavy atom. The second kappa shape index (κ2) is 8.12. The van der Waals surface area contributed by atoms with Crippen LogP contribution in [0.2, 0.25) is 0 Å². The van der Waals surface area contributed by atoms with Crippen molar-refractivity contribution in [3.8, 4) is 16.9 Å². The fourth-order valence-electron chi connectivity index (χ4n) is 4.19. The van der Waals surface area contributed by atoms with E-state index in [0.717, 1.165) is 40.3 Å². The number of allylic oxidation sites excluding steroid dienone is 3. The van der Waals surface area contributed by atoms with Crippen molar-refractivity contribution >= 4 is 10.8 Å². The van der Waals surface area contributed by atoms with E-state index in [2.05, 4.69) is 69.3 Å². The number of aliphatic hydroxyl groups excluding tert-OH is 1. The first-order valence-electron chi connectivity index (χ1n) is 10.7. The fourth-order valence-corrected chi connectivity index (χ4v) is 4.19. The van der Waals surface area contributed by atoms with Crippen molar-refractivity contribution in [2.45, 2.75) is 51.6 Å². The Kier molecular flexibility index (Phi) is 5.53. The zero-order chi connectivity index (χ0) is 21.3. The van der Waals surface area contributed by atoms with Gasteiger partial charge in [-0.1, -0.05) is 87.0 Å². The van der Waals surface area contributed by atoms with Crippen LogP contribution in [0.15, 0.2) is 78.4 Å². The molecule has 3 aromatic rings. The largest absolute Gasteiger partial charge is 0.507 e. The second-order valence-corrected chi connectivity index (χ2v) is 9.25. The molecule has 0 amide bonds. The summed E-state index contributed by atoms with van der Waals surface area (Å²) in [6.45, 7) is 6.49. The van der Waals surface area contributed by atoms with E-state index in [1.54, 1.807) is 0 Å². The van der Waals surface area contributed by atoms with Gasteiger partial charge in [0.05, 0.1) is 6.10 Å². The number of aliphatic hydroxyl groups is 1. The van der Waals surface area contributed by atoms with Gasteiger partial charge in [-0.2, -0.15) is 0 Å². The van der Waals surface area contributed by atoms with Crippen LogP contribution in [0.3, 0.4) is 0 Å². The summed E-state index contributed by atoms with van der Waals surface area (Å²) >= 11 is 0. The Hall–Kier alpha value is -2.84. The van der Waals surface area contributed by atoms with Crippen LogP contribution >= 0.6 is 0 Å². The number of hydrogen-bond acceptors (Lipinski definition) is 2. The lowest BCUT2D eigenvalue weighted by molar-refractivity contribution is 0.173. The predicted molar refractivity (Wildman–Crippen MR) is 126 cm³/mol. The first kappa shape index (κ1) is 20.4. The van der Waals surface area contributed by atoms with Crippen LogP contribution in [-0.2, 0) is 5.41 Å². The molecule has 30 heavy (non-hydrogen) atoms. The highest BCUT2D eigenvalue weighted by Crippen LogP contribution is 2.43. The zero-order valence-corrected chi connectivity index (χ0v) is 18.0. The molecule has 0 heterocycles. The van der Waals surface area contributed by atoms with Gasteiger partial charge in [-0.15, -0.1) is 0 Å². The van der Waals surface area contributed by atoms with E-state index in [1.807, 2.05) is 24.3 Å². The fraction of sp³-hybridized carbons (Fsp3) is 0.286. The Bertz CT molecular complexity index is 1120. The number of benzene rings is 3. The van der Waals surface area contributed by atoms with E-state index in [4.69, 9.17) is 0 Å². The van der Waals surface area contributed by atoms with Gasteiger partial charge in [-0.05, 0) is 58.7 Å². The minimum atomic E-state index is -0.737. The molecule has 0 fully saturated rings. The van der Waals surface area contributed by atoms with Crippen LogP contribution in [0.25, 0.3) is 21.9 Å². The van der Waals surface area contributed by atoms with Gasteiger partial charge in [0.25, 0.3) is 0 Å². The summed E-state index contributed by atoms with van der Waals surface area (Å²) in [5, 5.41) is 24.6. The van der Waals surface area contributed by atoms with Crippen molar-refractivity contribution in [2.24, 2.45) is 0 Å². The van der Waals surface area contributed by atoms with Crippen LogP contribution in [0.5, 0.6) is 5.75 Å². The summed E-state index contributed by atoms with van der Waals surface area (Å²) < 4.78 is 0. The molecule has 0 saturated carbocycles. The number of hydrogen-bond donors (Lipinski definition) is 2. The SMILES string of the molecule is CC(C)(C)c1cc(-c2cccc3ccccc23)c(O)c(C(O)CC2=CC=CCC2)c1. The maximum absolute atomic E-state index is 11.3. The number of phenols is 1. The van der Waals surface area contributed by atoms with Gasteiger partial charge >= 0.3 is 0 Å². The molecule has 0 saturated heterocycles. The monoisotopic (exact) mass is 398 g/mol. The molecule has 1 aliphatic carbocycles. The van der Waals surface area contributed by atoms with Gasteiger partial charge in [0, 0.05) is 11.1 Å². The zero-order valence-electron chi connectivity index (χ0n) is 18.0. The van der Waals surface area contributed by atoms with Crippen LogP contribution in [-0.4, -0.2) is 10.2 Å². The van der Waals surface area contributed by atoms with Crippen molar-refractivity contribution in [3.63, 3.8) is 0 Å². The molecule has 3 aromatic carbocycles. The van der Waals surface area contributed by atoms with Crippen molar-refractivity contribution < 1.29 is 10.2 Å². The molecule has 4 rings (SSSR count). The predicted octanol–water partition coefficient (Wildman–Crippen LogP) is 7.21. The van der Waals surface area contributed by atoms with Crippen molar-refractivity contribution in [1.82, 2.24) is 0 Å². The summed E-state index contributed by atoms with van der Waals surface area (Å²) in [5.41, 5.74) is 4.61. The Morgan fingerprint density at radius 2 is 1.73 bits per heavy atom. The highest BCUT2D eigenvalue weighted by molar-refractivity contribution is 5.98. The summed E-state index contributed by atoms with van der Waals surface area (Å²) in [6.07, 6.45) is 8.06. The van der Waals surface area contributed by atoms with E-state index in [0.29, 0.717) is 12.0 Å². The van der Waals surface area contributed by atoms with E-state index in [1.165, 1.54) is 5.57 Å². The van der Waals surface area contributed by atoms with E-state index in [9.17, 15) is 10.2 Å². The average molecular weight is 399 g/mol. The third kappa shape index (κ3) is 4.06. The quantitative estimate of drug-likeness (QED) is 0.487. The number of fused-ring (bicyclic) bond motifs is 1. The number of aromatic hydroxyl groups is 1. The molecule has 1 aliphatic rings. The maximum atomic E-state index is 11.3. The molecule has 1 atom stereocenters. The third-order valence-corrected chi connectivity index (χ3v) is 6.00. The molecule has 2 N–H and O–H groups in total. The normalized spacial score (nSPS) is 15.3. The van der Waals surface area contributed by atoms with Crippen LogP contribution < -0.4 is 0 Å². The number of rotatable bonds is 4. The molecular weight excluding hydrogens is 368 g/mol. The molecule has 0 spiro atoms. The van der Waals surface area contributed by atoms with Crippen molar-refractivity contribution in [3.05, 3.63) is 89.5 Å². The minimum Gasteiger partial charge on any atom is -0.507 e. The lowest BCUT2D eigenvalue weighted by atomic mass is 9.82. The number of phenolic OH excluding ortho intramolecular Hbond substituents is 1. The Morgan fingerprint density at radius 1 is 0.967 bits per heavy atom. The second-order valence-electron chi connectivity index (χ2n) is 9.25. The molecule has 2 heteroatoms. The molecule has 154 valence electrons. The summed E-state index contributed by atoms with van der Waals surface area (Å²) in [5.74, 6) is 0.179. The smallest absolute Gasteiger partial charge is 0.129 e. The maximum Gasteiger partial charge on any atom is 0.129 e. The van der Waals surface area contributed by atoms with Gasteiger partial charge in [0.2, 0.25) is 0 Å². The lowest BCUT2D eigenvalue weighted by Crippen LogP contribution is -2.13. The molecule has 1 unspecified atom stereocenters.